The van der Waals surface area contributed by atoms with Crippen molar-refractivity contribution in [2.75, 3.05) is 25.1 Å². The van der Waals surface area contributed by atoms with E-state index < -0.39 is 107 Å². The molecule has 364 valence electrons. The fourth-order valence-electron chi connectivity index (χ4n) is 9.20. The predicted molar refractivity (Wildman–Crippen MR) is 248 cm³/mol. The monoisotopic (exact) mass is 1030 g/mol. The van der Waals surface area contributed by atoms with E-state index in [1.807, 2.05) is 6.07 Å². The molecule has 3 aliphatic heterocycles. The zero-order chi connectivity index (χ0) is 48.3. The first-order chi connectivity index (χ1) is 31.7. The summed E-state index contributed by atoms with van der Waals surface area (Å²) in [4.78, 5) is 61.5. The summed E-state index contributed by atoms with van der Waals surface area (Å²) in [5.41, 5.74) is -1.06. The number of nitrogens with one attached hydrogen (secondary N) is 3. The van der Waals surface area contributed by atoms with Crippen LogP contribution in [0.4, 0.5) is 10.3 Å². The fourth-order valence-corrected chi connectivity index (χ4v) is 18.3. The molecule has 3 N–H and O–H groups in total. The third-order valence-corrected chi connectivity index (χ3v) is 22.3. The molecule has 3 aliphatic rings. The SMILES string of the molecule is CC(C)C(=O)Nc1nc2c(ncn2[C@@H]2O[C@@H]3COP(=O)(S)O[C@H]4[C@@H](O[Si](C(C)C)(C(C)C)C(C)C)[C@H](n5cnc6c(=O)[nH]c7nccn7c65)O[C@@H]4COP(=S)(OCCC#N)O[C@@H]2[C@@H]3F)c(=O)[nH]1. The number of halogens is 1. The molecule has 0 spiro atoms. The van der Waals surface area contributed by atoms with Crippen molar-refractivity contribution < 1.29 is 50.3 Å². The minimum absolute atomic E-state index is 0.0295. The molecular weight excluding hydrogens is 976 g/mol. The number of aromatic nitrogens is 9. The number of hydrogen-bond acceptors (Lipinski definition) is 18. The predicted octanol–water partition coefficient (Wildman–Crippen LogP) is 5.80. The zero-order valence-corrected chi connectivity index (χ0v) is 42.2. The van der Waals surface area contributed by atoms with Crippen LogP contribution in [0.1, 0.15) is 74.3 Å². The molecule has 23 nitrogen and oxygen atoms in total. The summed E-state index contributed by atoms with van der Waals surface area (Å²) in [6, 6.07) is 1.98. The number of thiol groups is 1. The first-order valence-corrected chi connectivity index (χ1v) is 29.0. The van der Waals surface area contributed by atoms with Gasteiger partial charge in [0, 0.05) is 18.3 Å². The fraction of sp³-hybridized carbons (Fsp3) is 0.632. The van der Waals surface area contributed by atoms with Gasteiger partial charge < -0.3 is 22.9 Å². The molecule has 3 saturated heterocycles. The molecule has 10 atom stereocenters. The summed E-state index contributed by atoms with van der Waals surface area (Å²) in [7, 11) is -2.91. The van der Waals surface area contributed by atoms with Crippen LogP contribution in [0, 0.1) is 17.2 Å². The van der Waals surface area contributed by atoms with Crippen molar-refractivity contribution >= 4 is 85.9 Å². The Morgan fingerprint density at radius 3 is 2.31 bits per heavy atom. The zero-order valence-electron chi connectivity index (χ0n) is 37.7. The largest absolute Gasteiger partial charge is 0.406 e. The van der Waals surface area contributed by atoms with Crippen molar-refractivity contribution in [2.24, 2.45) is 5.92 Å². The number of amides is 1. The second-order valence-corrected chi connectivity index (χ2v) is 28.9. The van der Waals surface area contributed by atoms with Gasteiger partial charge in [-0.1, -0.05) is 67.6 Å². The number of imidazole rings is 3. The number of hydrogen-bond donors (Lipinski definition) is 4. The van der Waals surface area contributed by atoms with Crippen LogP contribution in [0.15, 0.2) is 34.6 Å². The van der Waals surface area contributed by atoms with Gasteiger partial charge in [0.25, 0.3) is 11.1 Å². The van der Waals surface area contributed by atoms with Gasteiger partial charge in [0.15, 0.2) is 41.0 Å². The normalized spacial score (nSPS) is 29.7. The van der Waals surface area contributed by atoms with E-state index >= 15 is 4.39 Å². The number of nitriles is 1. The van der Waals surface area contributed by atoms with Crippen LogP contribution < -0.4 is 16.4 Å². The summed E-state index contributed by atoms with van der Waals surface area (Å²) in [5.74, 6) is -0.879. The standard InChI is InChI=1S/C38H52FN11O12P2S2Si/c1-18(2)31(51)45-37-44-30-25(32(52)46-37)42-16-49(30)35-28-24(39)22(58-35)14-56-63(54,65)60-27-23(15-57-64(66,61-28)55-13-9-10-40)59-36(29(27)62-67(19(3)4,20(5)6)21(7)8)50-17-43-26-33(53)47-38-41-11-12-48(38)34(26)50/h11-12,16-24,27-29,35-36H,9,13-15H2,1-8H3,(H,54,65)(H,41,47,53)(H2,44,45,46,51,52)/t22-,23-,24-,27-,28-,29-,35-,36-,63?,64?/m1/s1. The van der Waals surface area contributed by atoms with Gasteiger partial charge in [-0.2, -0.15) is 10.2 Å². The molecular formula is C38H52FN11O12P2S2Si. The molecule has 8 rings (SSSR count). The van der Waals surface area contributed by atoms with E-state index in [0.29, 0.717) is 5.65 Å². The lowest BCUT2D eigenvalue weighted by atomic mass is 10.1. The van der Waals surface area contributed by atoms with Gasteiger partial charge in [0.1, 0.15) is 30.5 Å². The molecule has 0 radical (unpaired) electrons. The summed E-state index contributed by atoms with van der Waals surface area (Å²) < 4.78 is 87.6. The maximum absolute atomic E-state index is 17.0. The lowest BCUT2D eigenvalue weighted by Crippen LogP contribution is -2.53. The van der Waals surface area contributed by atoms with Crippen molar-refractivity contribution in [1.29, 1.82) is 5.26 Å². The minimum atomic E-state index is -4.54. The van der Waals surface area contributed by atoms with E-state index in [0.717, 1.165) is 0 Å². The molecule has 2 bridgehead atoms. The summed E-state index contributed by atoms with van der Waals surface area (Å²) >= 11 is 10.4. The van der Waals surface area contributed by atoms with E-state index in [4.69, 9.17) is 48.3 Å². The molecule has 0 aliphatic carbocycles. The average Bonchev–Trinajstić information content (AvgIpc) is 4.09. The van der Waals surface area contributed by atoms with E-state index in [1.165, 1.54) is 23.4 Å². The molecule has 67 heavy (non-hydrogen) atoms. The molecule has 5 aromatic heterocycles. The van der Waals surface area contributed by atoms with Crippen LogP contribution >= 0.6 is 25.8 Å². The van der Waals surface area contributed by atoms with Crippen LogP contribution in [-0.4, -0.2) is 114 Å². The number of H-pyrrole nitrogens is 2. The highest BCUT2D eigenvalue weighted by Crippen LogP contribution is 2.60. The van der Waals surface area contributed by atoms with E-state index in [9.17, 15) is 24.2 Å². The highest BCUT2D eigenvalue weighted by atomic mass is 32.7. The number of nitrogens with zero attached hydrogens (tertiary/aromatic N) is 8. The van der Waals surface area contributed by atoms with Crippen molar-refractivity contribution in [1.82, 2.24) is 43.4 Å². The van der Waals surface area contributed by atoms with E-state index in [2.05, 4.69) is 89.0 Å². The number of fused-ring (bicyclic) bond motifs is 7. The summed E-state index contributed by atoms with van der Waals surface area (Å²) in [6.45, 7) is 5.61. The van der Waals surface area contributed by atoms with Crippen molar-refractivity contribution in [3.05, 3.63) is 45.8 Å². The number of ether oxygens (including phenoxy) is 2. The Morgan fingerprint density at radius 2 is 1.63 bits per heavy atom. The first-order valence-electron chi connectivity index (χ1n) is 21.6. The lowest BCUT2D eigenvalue weighted by molar-refractivity contribution is -0.118. The number of anilines is 1. The molecule has 2 unspecified atom stereocenters. The smallest absolute Gasteiger partial charge is 0.386 e. The molecule has 1 amide bonds. The van der Waals surface area contributed by atoms with Gasteiger partial charge in [-0.05, 0) is 28.4 Å². The van der Waals surface area contributed by atoms with Crippen LogP contribution in [0.5, 0.6) is 0 Å². The van der Waals surface area contributed by atoms with Crippen LogP contribution in [0.3, 0.4) is 0 Å². The van der Waals surface area contributed by atoms with Crippen molar-refractivity contribution in [2.45, 2.75) is 128 Å². The number of rotatable bonds is 12. The molecule has 5 aromatic rings. The maximum Gasteiger partial charge on any atom is 0.386 e. The lowest BCUT2D eigenvalue weighted by Gasteiger charge is -2.45. The first kappa shape index (κ1) is 49.7. The Bertz CT molecular complexity index is 2900. The van der Waals surface area contributed by atoms with Crippen LogP contribution in [-0.2, 0) is 57.7 Å². The van der Waals surface area contributed by atoms with Crippen LogP contribution in [0.2, 0.25) is 16.6 Å². The minimum Gasteiger partial charge on any atom is -0.406 e. The Labute approximate surface area is 393 Å². The summed E-state index contributed by atoms with van der Waals surface area (Å²) in [6.07, 6.45) is -6.01. The second-order valence-electron chi connectivity index (χ2n) is 17.6. The second kappa shape index (κ2) is 19.2. The van der Waals surface area contributed by atoms with Crippen molar-refractivity contribution in [3.8, 4) is 6.07 Å². The third kappa shape index (κ3) is 9.38. The molecule has 0 saturated carbocycles. The van der Waals surface area contributed by atoms with E-state index in [1.54, 1.807) is 29.0 Å². The van der Waals surface area contributed by atoms with Gasteiger partial charge in [-0.3, -0.25) is 56.8 Å². The third-order valence-electron chi connectivity index (χ3n) is 12.2. The Balaban J connectivity index is 1.23. The molecule has 3 fully saturated rings. The van der Waals surface area contributed by atoms with Gasteiger partial charge in [-0.25, -0.2) is 23.9 Å². The maximum atomic E-state index is 17.0. The molecule has 0 aromatic carbocycles. The quantitative estimate of drug-likeness (QED) is 0.0497. The van der Waals surface area contributed by atoms with Crippen LogP contribution in [0.25, 0.3) is 28.1 Å². The molecule has 29 heteroatoms. The number of aromatic amines is 2. The molecule has 8 heterocycles. The van der Waals surface area contributed by atoms with Gasteiger partial charge in [0.05, 0.1) is 45.0 Å². The van der Waals surface area contributed by atoms with Gasteiger partial charge in [0.2, 0.25) is 26.0 Å². The number of carbonyl (C=O) groups is 1. The number of alkyl halides is 1. The Hall–Kier alpha value is -3.74. The van der Waals surface area contributed by atoms with Crippen molar-refractivity contribution in [3.63, 3.8) is 0 Å². The summed E-state index contributed by atoms with van der Waals surface area (Å²) in [5, 5.41) is 12.0. The van der Waals surface area contributed by atoms with Gasteiger partial charge in [-0.15, -0.1) is 0 Å². The average molecular weight is 1030 g/mol. The Morgan fingerprint density at radius 1 is 0.970 bits per heavy atom. The topological polar surface area (TPSA) is 275 Å². The highest BCUT2D eigenvalue weighted by Gasteiger charge is 2.58. The van der Waals surface area contributed by atoms with E-state index in [-0.39, 0.29) is 58.1 Å². The number of carbonyl (C=O) groups excluding carboxylic acids is 1. The van der Waals surface area contributed by atoms with Gasteiger partial charge >= 0.3 is 13.5 Å². The Kier molecular flexibility index (Phi) is 14.2. The highest BCUT2D eigenvalue weighted by molar-refractivity contribution is 8.44.